The molecule has 1 aromatic rings. The van der Waals surface area contributed by atoms with Crippen LogP contribution in [0.5, 0.6) is 0 Å². The zero-order valence-corrected chi connectivity index (χ0v) is 14.3. The molecule has 1 aromatic heterocycles. The number of aromatic nitrogens is 1. The number of carbonyl (C=O) groups is 1. The Kier molecular flexibility index (Phi) is 4.13. The zero-order chi connectivity index (χ0) is 16.6. The molecule has 122 valence electrons. The van der Waals surface area contributed by atoms with E-state index in [0.29, 0.717) is 11.5 Å². The van der Waals surface area contributed by atoms with Crippen molar-refractivity contribution in [3.05, 3.63) is 53.4 Å². The Morgan fingerprint density at radius 3 is 2.91 bits per heavy atom. The normalized spacial score (nSPS) is 26.7. The Morgan fingerprint density at radius 1 is 1.43 bits per heavy atom. The van der Waals surface area contributed by atoms with Crippen LogP contribution < -0.4 is 0 Å². The SMILES string of the molecule is C=C1CC(OC(=O)c2cccnc2)C(C)(C)CC2=C(C)CCC12. The minimum atomic E-state index is -0.290. The maximum absolute atomic E-state index is 12.4. The zero-order valence-electron chi connectivity index (χ0n) is 14.3. The van der Waals surface area contributed by atoms with E-state index >= 15 is 0 Å². The van der Waals surface area contributed by atoms with Gasteiger partial charge in [0.1, 0.15) is 6.10 Å². The molecule has 0 amide bonds. The summed E-state index contributed by atoms with van der Waals surface area (Å²) in [6, 6.07) is 3.50. The highest BCUT2D eigenvalue weighted by Gasteiger charge is 2.41. The number of nitrogens with zero attached hydrogens (tertiary/aromatic N) is 1. The van der Waals surface area contributed by atoms with Crippen LogP contribution in [0.4, 0.5) is 0 Å². The molecule has 1 fully saturated rings. The molecule has 2 aliphatic carbocycles. The first-order chi connectivity index (χ1) is 10.9. The number of ether oxygens (including phenoxy) is 1. The summed E-state index contributed by atoms with van der Waals surface area (Å²) in [6.45, 7) is 10.9. The molecule has 0 bridgehead atoms. The fourth-order valence-electron chi connectivity index (χ4n) is 3.86. The highest BCUT2D eigenvalue weighted by Crippen LogP contribution is 2.49. The van der Waals surface area contributed by atoms with Crippen molar-refractivity contribution in [1.29, 1.82) is 0 Å². The fourth-order valence-corrected chi connectivity index (χ4v) is 3.86. The van der Waals surface area contributed by atoms with Gasteiger partial charge in [-0.3, -0.25) is 4.98 Å². The third-order valence-corrected chi connectivity index (χ3v) is 5.38. The van der Waals surface area contributed by atoms with Crippen LogP contribution in [0.1, 0.15) is 56.8 Å². The van der Waals surface area contributed by atoms with Gasteiger partial charge >= 0.3 is 5.97 Å². The van der Waals surface area contributed by atoms with Crippen LogP contribution in [-0.4, -0.2) is 17.1 Å². The topological polar surface area (TPSA) is 39.2 Å². The highest BCUT2D eigenvalue weighted by molar-refractivity contribution is 5.89. The van der Waals surface area contributed by atoms with Crippen LogP contribution in [0.3, 0.4) is 0 Å². The van der Waals surface area contributed by atoms with E-state index < -0.39 is 0 Å². The third kappa shape index (κ3) is 3.10. The number of allylic oxidation sites excluding steroid dienone is 2. The summed E-state index contributed by atoms with van der Waals surface area (Å²) in [6.07, 6.45) is 7.14. The van der Waals surface area contributed by atoms with E-state index in [1.165, 1.54) is 29.6 Å². The molecule has 1 heterocycles. The summed E-state index contributed by atoms with van der Waals surface area (Å²) in [4.78, 5) is 16.4. The minimum Gasteiger partial charge on any atom is -0.458 e. The Morgan fingerprint density at radius 2 is 2.22 bits per heavy atom. The van der Waals surface area contributed by atoms with Crippen molar-refractivity contribution in [1.82, 2.24) is 4.98 Å². The number of rotatable bonds is 2. The first-order valence-electron chi connectivity index (χ1n) is 8.35. The van der Waals surface area contributed by atoms with Crippen molar-refractivity contribution in [3.8, 4) is 0 Å². The molecule has 0 N–H and O–H groups in total. The summed E-state index contributed by atoms with van der Waals surface area (Å²) >= 11 is 0. The predicted molar refractivity (Wildman–Crippen MR) is 91.0 cm³/mol. The van der Waals surface area contributed by atoms with Crippen LogP contribution >= 0.6 is 0 Å². The lowest BCUT2D eigenvalue weighted by Gasteiger charge is -2.32. The average Bonchev–Trinajstić information content (AvgIpc) is 2.83. The third-order valence-electron chi connectivity index (χ3n) is 5.38. The lowest BCUT2D eigenvalue weighted by atomic mass is 9.80. The molecule has 3 rings (SSSR count). The second-order valence-corrected chi connectivity index (χ2v) is 7.56. The molecule has 0 aliphatic heterocycles. The molecule has 2 aliphatic rings. The Labute approximate surface area is 138 Å². The molecular weight excluding hydrogens is 286 g/mol. The second kappa shape index (κ2) is 5.95. The summed E-state index contributed by atoms with van der Waals surface area (Å²) in [5.41, 5.74) is 4.67. The van der Waals surface area contributed by atoms with Gasteiger partial charge in [-0.15, -0.1) is 0 Å². The van der Waals surface area contributed by atoms with Crippen LogP contribution in [-0.2, 0) is 4.74 Å². The average molecular weight is 311 g/mol. The van der Waals surface area contributed by atoms with E-state index in [4.69, 9.17) is 4.74 Å². The van der Waals surface area contributed by atoms with Crippen LogP contribution in [0, 0.1) is 11.3 Å². The van der Waals surface area contributed by atoms with Gasteiger partial charge in [0, 0.05) is 30.1 Å². The molecule has 2 atom stereocenters. The Bertz CT molecular complexity index is 657. The van der Waals surface area contributed by atoms with Crippen LogP contribution in [0.2, 0.25) is 0 Å². The van der Waals surface area contributed by atoms with Crippen LogP contribution in [0.25, 0.3) is 0 Å². The van der Waals surface area contributed by atoms with Crippen molar-refractivity contribution in [2.75, 3.05) is 0 Å². The smallest absolute Gasteiger partial charge is 0.340 e. The Balaban J connectivity index is 1.83. The standard InChI is InChI=1S/C20H25NO2/c1-13-7-8-16-14(2)10-18(20(3,4)11-17(13)16)23-19(22)15-6-5-9-21-12-15/h5-6,9,12,16,18H,2,7-8,10-11H2,1,3-4H3. The van der Waals surface area contributed by atoms with E-state index in [0.717, 1.165) is 12.8 Å². The number of hydrogen-bond acceptors (Lipinski definition) is 3. The molecule has 3 heteroatoms. The Hall–Kier alpha value is -1.90. The van der Waals surface area contributed by atoms with Gasteiger partial charge in [0.25, 0.3) is 0 Å². The van der Waals surface area contributed by atoms with E-state index in [9.17, 15) is 4.79 Å². The van der Waals surface area contributed by atoms with E-state index in [2.05, 4.69) is 32.3 Å². The molecule has 0 radical (unpaired) electrons. The second-order valence-electron chi connectivity index (χ2n) is 7.56. The number of carbonyl (C=O) groups excluding carboxylic acids is 1. The van der Waals surface area contributed by atoms with Crippen molar-refractivity contribution in [2.24, 2.45) is 11.3 Å². The molecule has 3 nitrogen and oxygen atoms in total. The van der Waals surface area contributed by atoms with Gasteiger partial charge in [0.2, 0.25) is 0 Å². The first-order valence-corrected chi connectivity index (χ1v) is 8.35. The lowest BCUT2D eigenvalue weighted by Crippen LogP contribution is -2.33. The quantitative estimate of drug-likeness (QED) is 0.586. The van der Waals surface area contributed by atoms with Crippen molar-refractivity contribution >= 4 is 5.97 Å². The largest absolute Gasteiger partial charge is 0.458 e. The fraction of sp³-hybridized carbons (Fsp3) is 0.500. The predicted octanol–water partition coefficient (Wildman–Crippen LogP) is 4.71. The van der Waals surface area contributed by atoms with Gasteiger partial charge < -0.3 is 4.74 Å². The van der Waals surface area contributed by atoms with Gasteiger partial charge in [0.15, 0.2) is 0 Å². The summed E-state index contributed by atoms with van der Waals surface area (Å²) in [7, 11) is 0. The van der Waals surface area contributed by atoms with Crippen molar-refractivity contribution < 1.29 is 9.53 Å². The van der Waals surface area contributed by atoms with Crippen molar-refractivity contribution in [2.45, 2.75) is 52.6 Å². The van der Waals surface area contributed by atoms with Crippen LogP contribution in [0.15, 0.2) is 47.8 Å². The number of fused-ring (bicyclic) bond motifs is 1. The maximum atomic E-state index is 12.4. The van der Waals surface area contributed by atoms with Gasteiger partial charge in [-0.25, -0.2) is 4.79 Å². The van der Waals surface area contributed by atoms with E-state index in [-0.39, 0.29) is 17.5 Å². The lowest BCUT2D eigenvalue weighted by molar-refractivity contribution is -0.00590. The minimum absolute atomic E-state index is 0.0868. The first kappa shape index (κ1) is 16.0. The van der Waals surface area contributed by atoms with Gasteiger partial charge in [-0.2, -0.15) is 0 Å². The number of hydrogen-bond donors (Lipinski definition) is 0. The van der Waals surface area contributed by atoms with Gasteiger partial charge in [0.05, 0.1) is 5.56 Å². The van der Waals surface area contributed by atoms with E-state index in [1.54, 1.807) is 24.5 Å². The molecule has 0 spiro atoms. The summed E-state index contributed by atoms with van der Waals surface area (Å²) in [5, 5.41) is 0. The molecular formula is C20H25NO2. The van der Waals surface area contributed by atoms with Gasteiger partial charge in [-0.1, -0.05) is 37.1 Å². The highest BCUT2D eigenvalue weighted by atomic mass is 16.5. The summed E-state index contributed by atoms with van der Waals surface area (Å²) in [5.74, 6) is 0.193. The van der Waals surface area contributed by atoms with Crippen molar-refractivity contribution in [3.63, 3.8) is 0 Å². The molecule has 23 heavy (non-hydrogen) atoms. The van der Waals surface area contributed by atoms with E-state index in [1.807, 2.05) is 0 Å². The monoisotopic (exact) mass is 311 g/mol. The maximum Gasteiger partial charge on any atom is 0.340 e. The molecule has 0 saturated heterocycles. The summed E-state index contributed by atoms with van der Waals surface area (Å²) < 4.78 is 5.88. The number of pyridine rings is 1. The molecule has 2 unspecified atom stereocenters. The number of esters is 1. The molecule has 1 saturated carbocycles. The molecule has 0 aromatic carbocycles. The van der Waals surface area contributed by atoms with Gasteiger partial charge in [-0.05, 0) is 38.3 Å².